The molecule has 1 atom stereocenters. The van der Waals surface area contributed by atoms with E-state index in [0.29, 0.717) is 0 Å². The highest BCUT2D eigenvalue weighted by Crippen LogP contribution is 2.16. The van der Waals surface area contributed by atoms with Gasteiger partial charge in [-0.05, 0) is 26.9 Å². The molecule has 0 aromatic carbocycles. The second-order valence-electron chi connectivity index (χ2n) is 6.02. The monoisotopic (exact) mass is 255 g/mol. The normalized spacial score (nSPS) is 13.2. The maximum absolute atomic E-state index is 2.44. The van der Waals surface area contributed by atoms with E-state index >= 15 is 0 Å². The summed E-state index contributed by atoms with van der Waals surface area (Å²) in [5.74, 6) is 0. The summed E-state index contributed by atoms with van der Waals surface area (Å²) in [4.78, 5) is 2.44. The van der Waals surface area contributed by atoms with Gasteiger partial charge in [0.15, 0.2) is 0 Å². The minimum atomic E-state index is 0.827. The molecule has 0 aliphatic rings. The van der Waals surface area contributed by atoms with Gasteiger partial charge in [-0.3, -0.25) is 0 Å². The Morgan fingerprint density at radius 1 is 0.611 bits per heavy atom. The van der Waals surface area contributed by atoms with E-state index in [1.807, 2.05) is 0 Å². The molecule has 0 radical (unpaired) electrons. The molecule has 0 saturated heterocycles. The molecular weight excluding hydrogens is 218 g/mol. The van der Waals surface area contributed by atoms with Crippen molar-refractivity contribution in [2.24, 2.45) is 0 Å². The highest BCUT2D eigenvalue weighted by atomic mass is 15.1. The van der Waals surface area contributed by atoms with Crippen molar-refractivity contribution in [3.63, 3.8) is 0 Å². The quantitative estimate of drug-likeness (QED) is 0.385. The van der Waals surface area contributed by atoms with Crippen molar-refractivity contribution in [1.82, 2.24) is 4.90 Å². The second-order valence-corrected chi connectivity index (χ2v) is 6.02. The number of unbranched alkanes of at least 4 members (excludes halogenated alkanes) is 8. The lowest BCUT2D eigenvalue weighted by molar-refractivity contribution is 0.251. The summed E-state index contributed by atoms with van der Waals surface area (Å²) in [6, 6.07) is 0.827. The summed E-state index contributed by atoms with van der Waals surface area (Å²) >= 11 is 0. The number of nitrogens with zero attached hydrogens (tertiary/aromatic N) is 1. The molecule has 0 aromatic rings. The zero-order valence-electron chi connectivity index (χ0n) is 13.5. The van der Waals surface area contributed by atoms with Gasteiger partial charge in [-0.1, -0.05) is 78.1 Å². The molecule has 18 heavy (non-hydrogen) atoms. The largest absolute Gasteiger partial charge is 0.306 e. The molecule has 0 spiro atoms. The van der Waals surface area contributed by atoms with Crippen LogP contribution in [0.4, 0.5) is 0 Å². The molecule has 110 valence electrons. The Hall–Kier alpha value is -0.0400. The minimum Gasteiger partial charge on any atom is -0.306 e. The molecule has 0 aliphatic carbocycles. The molecular formula is C17H37N. The first-order valence-corrected chi connectivity index (χ1v) is 8.38. The summed E-state index contributed by atoms with van der Waals surface area (Å²) in [5.41, 5.74) is 0. The van der Waals surface area contributed by atoms with Crippen LogP contribution in [0.5, 0.6) is 0 Å². The topological polar surface area (TPSA) is 3.24 Å². The van der Waals surface area contributed by atoms with Crippen LogP contribution in [0.2, 0.25) is 0 Å². The molecule has 1 nitrogen and oxygen atoms in total. The summed E-state index contributed by atoms with van der Waals surface area (Å²) in [5, 5.41) is 0. The molecule has 0 bridgehead atoms. The molecule has 0 heterocycles. The molecule has 0 amide bonds. The van der Waals surface area contributed by atoms with Crippen molar-refractivity contribution in [2.75, 3.05) is 14.1 Å². The minimum absolute atomic E-state index is 0.827. The average molecular weight is 255 g/mol. The van der Waals surface area contributed by atoms with E-state index in [0.717, 1.165) is 6.04 Å². The molecule has 0 N–H and O–H groups in total. The Kier molecular flexibility index (Phi) is 13.4. The summed E-state index contributed by atoms with van der Waals surface area (Å²) in [6.07, 6.45) is 17.0. The van der Waals surface area contributed by atoms with Gasteiger partial charge in [-0.25, -0.2) is 0 Å². The first-order chi connectivity index (χ1) is 8.72. The van der Waals surface area contributed by atoms with Crippen LogP contribution < -0.4 is 0 Å². The molecule has 1 unspecified atom stereocenters. The van der Waals surface area contributed by atoms with Crippen LogP contribution in [0.25, 0.3) is 0 Å². The highest BCUT2D eigenvalue weighted by Gasteiger charge is 2.10. The van der Waals surface area contributed by atoms with Gasteiger partial charge in [-0.15, -0.1) is 0 Å². The fourth-order valence-electron chi connectivity index (χ4n) is 2.63. The number of hydrogen-bond donors (Lipinski definition) is 0. The van der Waals surface area contributed by atoms with Crippen LogP contribution in [0.15, 0.2) is 0 Å². The Labute approximate surface area is 116 Å². The maximum Gasteiger partial charge on any atom is 0.00891 e. The number of hydrogen-bond acceptors (Lipinski definition) is 1. The molecule has 0 aromatic heterocycles. The lowest BCUT2D eigenvalue weighted by Crippen LogP contribution is -2.27. The van der Waals surface area contributed by atoms with Gasteiger partial charge in [0.1, 0.15) is 0 Å². The third-order valence-corrected chi connectivity index (χ3v) is 4.01. The lowest BCUT2D eigenvalue weighted by Gasteiger charge is -2.24. The van der Waals surface area contributed by atoms with Gasteiger partial charge in [-0.2, -0.15) is 0 Å². The van der Waals surface area contributed by atoms with Gasteiger partial charge in [0.2, 0.25) is 0 Å². The predicted molar refractivity (Wildman–Crippen MR) is 84.2 cm³/mol. The van der Waals surface area contributed by atoms with E-state index in [1.165, 1.54) is 77.0 Å². The van der Waals surface area contributed by atoms with Gasteiger partial charge >= 0.3 is 0 Å². The van der Waals surface area contributed by atoms with Crippen molar-refractivity contribution in [1.29, 1.82) is 0 Å². The van der Waals surface area contributed by atoms with Gasteiger partial charge in [0.05, 0.1) is 0 Å². The van der Waals surface area contributed by atoms with Gasteiger partial charge in [0, 0.05) is 6.04 Å². The number of rotatable bonds is 13. The van der Waals surface area contributed by atoms with Crippen LogP contribution in [0.3, 0.4) is 0 Å². The molecule has 0 rings (SSSR count). The zero-order valence-corrected chi connectivity index (χ0v) is 13.5. The second kappa shape index (κ2) is 13.4. The van der Waals surface area contributed by atoms with Crippen LogP contribution in [-0.4, -0.2) is 25.0 Å². The van der Waals surface area contributed by atoms with Crippen molar-refractivity contribution in [2.45, 2.75) is 96.9 Å². The first-order valence-electron chi connectivity index (χ1n) is 8.38. The maximum atomic E-state index is 2.44. The van der Waals surface area contributed by atoms with Crippen molar-refractivity contribution >= 4 is 0 Å². The molecule has 0 aliphatic heterocycles. The molecule has 0 saturated carbocycles. The third kappa shape index (κ3) is 11.1. The van der Waals surface area contributed by atoms with E-state index in [1.54, 1.807) is 0 Å². The van der Waals surface area contributed by atoms with Crippen LogP contribution in [0, 0.1) is 0 Å². The molecule has 0 fully saturated rings. The van der Waals surface area contributed by atoms with Gasteiger partial charge in [0.25, 0.3) is 0 Å². The van der Waals surface area contributed by atoms with Crippen molar-refractivity contribution in [3.05, 3.63) is 0 Å². The Morgan fingerprint density at radius 3 is 1.44 bits per heavy atom. The van der Waals surface area contributed by atoms with Crippen LogP contribution in [-0.2, 0) is 0 Å². The van der Waals surface area contributed by atoms with E-state index in [2.05, 4.69) is 32.8 Å². The lowest BCUT2D eigenvalue weighted by atomic mass is 10.00. The van der Waals surface area contributed by atoms with E-state index in [4.69, 9.17) is 0 Å². The van der Waals surface area contributed by atoms with Crippen molar-refractivity contribution in [3.8, 4) is 0 Å². The Bertz CT molecular complexity index is 154. The standard InChI is InChI=1S/C17H37N/c1-5-7-9-11-12-14-16-17(18(3)4)15-13-10-8-6-2/h17H,5-16H2,1-4H3. The third-order valence-electron chi connectivity index (χ3n) is 4.01. The fraction of sp³-hybridized carbons (Fsp3) is 1.00. The highest BCUT2D eigenvalue weighted by molar-refractivity contribution is 4.66. The summed E-state index contributed by atoms with van der Waals surface area (Å²) in [7, 11) is 4.50. The smallest absolute Gasteiger partial charge is 0.00891 e. The van der Waals surface area contributed by atoms with E-state index in [-0.39, 0.29) is 0 Å². The molecule has 1 heteroatoms. The predicted octanol–water partition coefficient (Wildman–Crippen LogP) is 5.64. The van der Waals surface area contributed by atoms with E-state index < -0.39 is 0 Å². The van der Waals surface area contributed by atoms with Crippen molar-refractivity contribution < 1.29 is 0 Å². The Balaban J connectivity index is 3.51. The summed E-state index contributed by atoms with van der Waals surface area (Å²) in [6.45, 7) is 4.58. The van der Waals surface area contributed by atoms with Crippen LogP contribution >= 0.6 is 0 Å². The fourth-order valence-corrected chi connectivity index (χ4v) is 2.63. The first kappa shape index (κ1) is 18.0. The van der Waals surface area contributed by atoms with Crippen LogP contribution in [0.1, 0.15) is 90.9 Å². The average Bonchev–Trinajstić information content (AvgIpc) is 2.35. The SMILES string of the molecule is CCCCCCCCC(CCCCCC)N(C)C. The van der Waals surface area contributed by atoms with Gasteiger partial charge < -0.3 is 4.90 Å². The zero-order chi connectivity index (χ0) is 13.6. The van der Waals surface area contributed by atoms with E-state index in [9.17, 15) is 0 Å². The summed E-state index contributed by atoms with van der Waals surface area (Å²) < 4.78 is 0. The Morgan fingerprint density at radius 2 is 1.00 bits per heavy atom.